The third-order valence-corrected chi connectivity index (χ3v) is 3.78. The van der Waals surface area contributed by atoms with Crippen LogP contribution in [0.5, 0.6) is 5.75 Å². The molecule has 1 fully saturated rings. The summed E-state index contributed by atoms with van der Waals surface area (Å²) in [4.78, 5) is 0. The Balaban J connectivity index is 2.02. The van der Waals surface area contributed by atoms with Gasteiger partial charge in [0.15, 0.2) is 0 Å². The number of methoxy groups -OCH3 is 1. The Morgan fingerprint density at radius 3 is 2.90 bits per heavy atom. The zero-order chi connectivity index (χ0) is 14.5. The fourth-order valence-electron chi connectivity index (χ4n) is 2.58. The Hall–Kier alpha value is -0.910. The molecule has 2 unspecified atom stereocenters. The Morgan fingerprint density at radius 1 is 1.40 bits per heavy atom. The molecule has 1 aliphatic carbocycles. The first kappa shape index (κ1) is 15.5. The van der Waals surface area contributed by atoms with Gasteiger partial charge in [-0.15, -0.1) is 0 Å². The highest BCUT2D eigenvalue weighted by Gasteiger charge is 2.26. The minimum atomic E-state index is -2.84. The van der Waals surface area contributed by atoms with Crippen LogP contribution >= 0.6 is 11.6 Å². The van der Waals surface area contributed by atoms with Crippen LogP contribution in [0.1, 0.15) is 24.8 Å². The minimum absolute atomic E-state index is 0.156. The lowest BCUT2D eigenvalue weighted by molar-refractivity contribution is -0.0505. The fourth-order valence-corrected chi connectivity index (χ4v) is 2.77. The molecule has 1 aromatic carbocycles. The summed E-state index contributed by atoms with van der Waals surface area (Å²) in [6, 6.07) is 4.88. The van der Waals surface area contributed by atoms with Gasteiger partial charge in [0.1, 0.15) is 5.75 Å². The zero-order valence-electron chi connectivity index (χ0n) is 11.2. The molecule has 112 valence electrons. The van der Waals surface area contributed by atoms with E-state index in [-0.39, 0.29) is 17.9 Å². The van der Waals surface area contributed by atoms with Gasteiger partial charge in [0, 0.05) is 30.3 Å². The van der Waals surface area contributed by atoms with Gasteiger partial charge in [-0.3, -0.25) is 0 Å². The second-order valence-corrected chi connectivity index (χ2v) is 5.26. The minimum Gasteiger partial charge on any atom is -0.434 e. The molecule has 20 heavy (non-hydrogen) atoms. The molecule has 0 bridgehead atoms. The number of benzene rings is 1. The molecule has 0 heterocycles. The molecule has 0 radical (unpaired) electrons. The van der Waals surface area contributed by atoms with Crippen LogP contribution in [-0.4, -0.2) is 25.9 Å². The van der Waals surface area contributed by atoms with Crippen molar-refractivity contribution in [3.05, 3.63) is 28.8 Å². The number of halogens is 3. The molecule has 1 saturated carbocycles. The molecule has 0 spiro atoms. The monoisotopic (exact) mass is 305 g/mol. The van der Waals surface area contributed by atoms with Crippen LogP contribution in [0.15, 0.2) is 18.2 Å². The van der Waals surface area contributed by atoms with Gasteiger partial charge >= 0.3 is 6.61 Å². The molecule has 2 rings (SSSR count). The third-order valence-electron chi connectivity index (χ3n) is 3.55. The molecule has 6 heteroatoms. The smallest absolute Gasteiger partial charge is 0.387 e. The largest absolute Gasteiger partial charge is 0.434 e. The zero-order valence-corrected chi connectivity index (χ0v) is 12.0. The second-order valence-electron chi connectivity index (χ2n) is 4.82. The van der Waals surface area contributed by atoms with Gasteiger partial charge in [-0.1, -0.05) is 11.6 Å². The third kappa shape index (κ3) is 4.04. The summed E-state index contributed by atoms with van der Waals surface area (Å²) >= 11 is 5.91. The van der Waals surface area contributed by atoms with Crippen LogP contribution in [0.2, 0.25) is 5.02 Å². The highest BCUT2D eigenvalue weighted by Crippen LogP contribution is 2.26. The first-order valence-corrected chi connectivity index (χ1v) is 6.97. The van der Waals surface area contributed by atoms with Gasteiger partial charge < -0.3 is 14.8 Å². The normalized spacial score (nSPS) is 22.4. The fraction of sp³-hybridized carbons (Fsp3) is 0.571. The summed E-state index contributed by atoms with van der Waals surface area (Å²) < 4.78 is 34.6. The van der Waals surface area contributed by atoms with E-state index in [1.807, 2.05) is 0 Å². The first-order valence-electron chi connectivity index (χ1n) is 6.59. The van der Waals surface area contributed by atoms with Crippen molar-refractivity contribution in [1.29, 1.82) is 0 Å². The summed E-state index contributed by atoms with van der Waals surface area (Å²) in [6.45, 7) is -2.42. The molecule has 1 aliphatic rings. The van der Waals surface area contributed by atoms with Crippen LogP contribution in [-0.2, 0) is 11.3 Å². The molecule has 0 aliphatic heterocycles. The van der Waals surface area contributed by atoms with Gasteiger partial charge in [-0.2, -0.15) is 8.78 Å². The van der Waals surface area contributed by atoms with E-state index in [9.17, 15) is 8.78 Å². The summed E-state index contributed by atoms with van der Waals surface area (Å²) in [6.07, 6.45) is 3.31. The Labute approximate surface area is 122 Å². The molecule has 3 nitrogen and oxygen atoms in total. The maximum absolute atomic E-state index is 12.4. The Kier molecular flexibility index (Phi) is 5.57. The maximum atomic E-state index is 12.4. The number of nitrogens with one attached hydrogen (secondary N) is 1. The SMILES string of the molecule is COC1CCCC1NCc1cc(Cl)ccc1OC(F)F. The lowest BCUT2D eigenvalue weighted by Crippen LogP contribution is -2.36. The van der Waals surface area contributed by atoms with Crippen molar-refractivity contribution < 1.29 is 18.3 Å². The highest BCUT2D eigenvalue weighted by molar-refractivity contribution is 6.30. The summed E-state index contributed by atoms with van der Waals surface area (Å²) in [5.41, 5.74) is 0.625. The van der Waals surface area contributed by atoms with Gasteiger partial charge in [-0.05, 0) is 37.5 Å². The lowest BCUT2D eigenvalue weighted by Gasteiger charge is -2.20. The molecule has 1 N–H and O–H groups in total. The van der Waals surface area contributed by atoms with E-state index >= 15 is 0 Å². The standard InChI is InChI=1S/C14H18ClF2NO2/c1-19-13-4-2-3-11(13)18-8-9-7-10(15)5-6-12(9)20-14(16)17/h5-7,11,13-14,18H,2-4,8H2,1H3. The molecular weight excluding hydrogens is 288 g/mol. The number of alkyl halides is 2. The van der Waals surface area contributed by atoms with Gasteiger partial charge in [-0.25, -0.2) is 0 Å². The van der Waals surface area contributed by atoms with E-state index < -0.39 is 6.61 Å². The van der Waals surface area contributed by atoms with Crippen LogP contribution in [0.25, 0.3) is 0 Å². The van der Waals surface area contributed by atoms with E-state index in [1.165, 1.54) is 12.1 Å². The predicted octanol–water partition coefficient (Wildman–Crippen LogP) is 3.60. The number of rotatable bonds is 6. The topological polar surface area (TPSA) is 30.5 Å². The average molecular weight is 306 g/mol. The summed E-state index contributed by atoms with van der Waals surface area (Å²) in [5, 5.41) is 3.83. The van der Waals surface area contributed by atoms with Gasteiger partial charge in [0.2, 0.25) is 0 Å². The molecule has 0 amide bonds. The van der Waals surface area contributed by atoms with Crippen LogP contribution in [0.4, 0.5) is 8.78 Å². The predicted molar refractivity (Wildman–Crippen MR) is 73.4 cm³/mol. The quantitative estimate of drug-likeness (QED) is 0.871. The number of hydrogen-bond acceptors (Lipinski definition) is 3. The van der Waals surface area contributed by atoms with Crippen LogP contribution in [0, 0.1) is 0 Å². The van der Waals surface area contributed by atoms with Crippen molar-refractivity contribution in [1.82, 2.24) is 5.32 Å². The van der Waals surface area contributed by atoms with Crippen molar-refractivity contribution in [2.45, 2.75) is 44.6 Å². The molecule has 1 aromatic rings. The molecular formula is C14H18ClF2NO2. The average Bonchev–Trinajstić information content (AvgIpc) is 2.86. The van der Waals surface area contributed by atoms with Gasteiger partial charge in [0.25, 0.3) is 0 Å². The van der Waals surface area contributed by atoms with Crippen molar-refractivity contribution >= 4 is 11.6 Å². The van der Waals surface area contributed by atoms with E-state index in [2.05, 4.69) is 10.1 Å². The molecule has 0 saturated heterocycles. The van der Waals surface area contributed by atoms with Crippen molar-refractivity contribution in [2.24, 2.45) is 0 Å². The van der Waals surface area contributed by atoms with E-state index in [4.69, 9.17) is 16.3 Å². The van der Waals surface area contributed by atoms with Gasteiger partial charge in [0.05, 0.1) is 6.10 Å². The molecule has 0 aromatic heterocycles. The second kappa shape index (κ2) is 7.20. The Bertz CT molecular complexity index is 445. The van der Waals surface area contributed by atoms with E-state index in [1.54, 1.807) is 13.2 Å². The highest BCUT2D eigenvalue weighted by atomic mass is 35.5. The van der Waals surface area contributed by atoms with Crippen LogP contribution < -0.4 is 10.1 Å². The van der Waals surface area contributed by atoms with Crippen molar-refractivity contribution in [2.75, 3.05) is 7.11 Å². The van der Waals surface area contributed by atoms with E-state index in [0.29, 0.717) is 17.1 Å². The number of ether oxygens (including phenoxy) is 2. The Morgan fingerprint density at radius 2 is 2.20 bits per heavy atom. The van der Waals surface area contributed by atoms with E-state index in [0.717, 1.165) is 19.3 Å². The van der Waals surface area contributed by atoms with Crippen LogP contribution in [0.3, 0.4) is 0 Å². The molecule has 2 atom stereocenters. The van der Waals surface area contributed by atoms with Crippen molar-refractivity contribution in [3.8, 4) is 5.75 Å². The van der Waals surface area contributed by atoms with Crippen molar-refractivity contribution in [3.63, 3.8) is 0 Å². The summed E-state index contributed by atoms with van der Waals surface area (Å²) in [5.74, 6) is 0.156. The maximum Gasteiger partial charge on any atom is 0.387 e. The number of hydrogen-bond donors (Lipinski definition) is 1. The summed E-state index contributed by atoms with van der Waals surface area (Å²) in [7, 11) is 1.69. The lowest BCUT2D eigenvalue weighted by atomic mass is 10.1. The first-order chi connectivity index (χ1) is 9.60.